The van der Waals surface area contributed by atoms with Crippen LogP contribution in [-0.4, -0.2) is 65.4 Å². The number of pyridine rings is 2. The molecule has 2 aromatic carbocycles. The van der Waals surface area contributed by atoms with Gasteiger partial charge in [-0.15, -0.1) is 0 Å². The van der Waals surface area contributed by atoms with Gasteiger partial charge in [0.2, 0.25) is 0 Å². The van der Waals surface area contributed by atoms with Crippen molar-refractivity contribution in [2.45, 2.75) is 119 Å². The maximum Gasteiger partial charge on any atom is 0.410 e. The fourth-order valence-corrected chi connectivity index (χ4v) is 7.49. The molecule has 0 saturated carbocycles. The lowest BCUT2D eigenvalue weighted by atomic mass is 10.0. The van der Waals surface area contributed by atoms with Crippen LogP contribution in [0.25, 0.3) is 34.0 Å². The van der Waals surface area contributed by atoms with E-state index in [1.54, 1.807) is 28.1 Å². The molecule has 0 N–H and O–H groups in total. The minimum absolute atomic E-state index is 0.108. The van der Waals surface area contributed by atoms with E-state index in [9.17, 15) is 9.59 Å². The van der Waals surface area contributed by atoms with Gasteiger partial charge in [0.1, 0.15) is 11.2 Å². The second-order valence-corrected chi connectivity index (χ2v) is 17.7. The minimum Gasteiger partial charge on any atom is -0.444 e. The molecule has 0 saturated heterocycles. The summed E-state index contributed by atoms with van der Waals surface area (Å²) in [4.78, 5) is 37.3. The number of amides is 2. The van der Waals surface area contributed by atoms with E-state index in [1.807, 2.05) is 116 Å². The lowest BCUT2D eigenvalue weighted by Crippen LogP contribution is -2.40. The third kappa shape index (κ3) is 9.75. The molecule has 2 aliphatic rings. The van der Waals surface area contributed by atoms with Gasteiger partial charge < -0.3 is 28.4 Å². The monoisotopic (exact) mass is 815 g/mol. The number of fused-ring (bicyclic) bond motifs is 6. The highest BCUT2D eigenvalue weighted by Crippen LogP contribution is 2.34. The summed E-state index contributed by atoms with van der Waals surface area (Å²) in [5.41, 5.74) is 8.34. The molecule has 314 valence electrons. The van der Waals surface area contributed by atoms with Crippen LogP contribution in [0.15, 0.2) is 73.1 Å². The summed E-state index contributed by atoms with van der Waals surface area (Å²) in [6, 6.07) is 18.9. The molecule has 4 aromatic heterocycles. The number of rotatable bonds is 5. The molecule has 2 aliphatic heterocycles. The van der Waals surface area contributed by atoms with Crippen molar-refractivity contribution in [1.29, 1.82) is 0 Å². The summed E-state index contributed by atoms with van der Waals surface area (Å²) >= 11 is 0. The molecule has 0 atom stereocenters. The van der Waals surface area contributed by atoms with Crippen LogP contribution in [0.5, 0.6) is 0 Å². The number of carbonyl (C=O) groups is 2. The van der Waals surface area contributed by atoms with Crippen molar-refractivity contribution < 1.29 is 27.3 Å². The molecule has 6 aromatic rings. The number of hydrogen-bond acceptors (Lipinski definition) is 6. The Labute approximate surface area is 363 Å². The average Bonchev–Trinajstić information content (AvgIpc) is 3.74. The second kappa shape index (κ2) is 17.0. The molecule has 0 radical (unpaired) electrons. The number of aromatic nitrogens is 4. The molecule has 8 rings (SSSR count). The van der Waals surface area contributed by atoms with Crippen LogP contribution in [-0.2, 0) is 48.3 Å². The standard InChI is InChI=1S/C25H31N3O2.C25H29N3O2/c2*1-17-6-9-22-20(14-17)21-16-27(24(29)30-25(3,4)5)12-11-23(21)28(22)13-10-19-8-7-18(2)26-15-19/h6-9,14-15H,10-13,16H2,1-5H3;6-10,13-15H,11-12,16H2,1-5H3/i10D2,13D2;10D,13D. The molecule has 0 bridgehead atoms. The lowest BCUT2D eigenvalue weighted by molar-refractivity contribution is 0.0213. The van der Waals surface area contributed by atoms with Crippen molar-refractivity contribution in [3.05, 3.63) is 129 Å². The number of ether oxygens (including phenoxy) is 2. The first kappa shape index (κ1) is 34.9. The van der Waals surface area contributed by atoms with E-state index < -0.39 is 30.2 Å². The van der Waals surface area contributed by atoms with Gasteiger partial charge in [-0.05, 0) is 129 Å². The summed E-state index contributed by atoms with van der Waals surface area (Å²) < 4.78 is 67.7. The van der Waals surface area contributed by atoms with E-state index in [2.05, 4.69) is 16.0 Å². The van der Waals surface area contributed by atoms with Crippen LogP contribution in [0.3, 0.4) is 0 Å². The first-order valence-electron chi connectivity index (χ1n) is 23.5. The van der Waals surface area contributed by atoms with Crippen LogP contribution < -0.4 is 0 Å². The van der Waals surface area contributed by atoms with Gasteiger partial charge in [-0.2, -0.15) is 0 Å². The zero-order valence-electron chi connectivity index (χ0n) is 42.5. The molecule has 60 heavy (non-hydrogen) atoms. The van der Waals surface area contributed by atoms with E-state index in [4.69, 9.17) is 17.7 Å². The fraction of sp³-hybridized carbons (Fsp3) is 0.400. The summed E-state index contributed by atoms with van der Waals surface area (Å²) in [5, 5.41) is 1.83. The Morgan fingerprint density at radius 1 is 0.717 bits per heavy atom. The molecular weight excluding hydrogens is 749 g/mol. The summed E-state index contributed by atoms with van der Waals surface area (Å²) in [6.45, 7) is 17.9. The van der Waals surface area contributed by atoms with Gasteiger partial charge in [0.05, 0.1) is 24.1 Å². The highest BCUT2D eigenvalue weighted by Gasteiger charge is 2.31. The SMILES string of the molecule is [2H]C(=C([2H])n1c2c(c3cc(C)ccc31)CN(C(=O)OC(C)(C)C)CC2)c1ccc(C)nc1.[2H]C([2H])(c1ccc(C)nc1)C([2H])([2H])n1c2c(c3cc(C)ccc31)CN(C(=O)OC(C)(C)C)CC2. The van der Waals surface area contributed by atoms with Crippen molar-refractivity contribution in [3.8, 4) is 0 Å². The third-order valence-corrected chi connectivity index (χ3v) is 10.4. The Kier molecular flexibility index (Phi) is 9.89. The molecule has 6 heterocycles. The quantitative estimate of drug-likeness (QED) is 0.172. The predicted molar refractivity (Wildman–Crippen MR) is 241 cm³/mol. The van der Waals surface area contributed by atoms with Crippen molar-refractivity contribution in [2.75, 3.05) is 13.1 Å². The number of hydrogen-bond donors (Lipinski definition) is 0. The number of aryl methyl sites for hydroxylation is 6. The van der Waals surface area contributed by atoms with E-state index in [0.717, 1.165) is 55.6 Å². The Hall–Kier alpha value is -5.90. The fourth-order valence-electron chi connectivity index (χ4n) is 7.49. The first-order chi connectivity index (χ1) is 30.8. The second-order valence-electron chi connectivity index (χ2n) is 17.7. The molecule has 10 heteroatoms. The van der Waals surface area contributed by atoms with Gasteiger partial charge in [0.15, 0.2) is 0 Å². The van der Waals surface area contributed by atoms with Crippen molar-refractivity contribution >= 4 is 46.2 Å². The van der Waals surface area contributed by atoms with Gasteiger partial charge in [0.25, 0.3) is 0 Å². The summed E-state index contributed by atoms with van der Waals surface area (Å²) in [6.07, 6.45) is 1.05. The van der Waals surface area contributed by atoms with Gasteiger partial charge in [-0.3, -0.25) is 9.97 Å². The topological polar surface area (TPSA) is 94.7 Å². The molecule has 0 fully saturated rings. The highest BCUT2D eigenvalue weighted by atomic mass is 16.6. The Morgan fingerprint density at radius 3 is 1.80 bits per heavy atom. The first-order valence-corrected chi connectivity index (χ1v) is 20.5. The van der Waals surface area contributed by atoms with E-state index in [-0.39, 0.29) is 30.4 Å². The third-order valence-electron chi connectivity index (χ3n) is 10.4. The summed E-state index contributed by atoms with van der Waals surface area (Å²) in [7, 11) is 0. The zero-order chi connectivity index (χ0) is 48.3. The smallest absolute Gasteiger partial charge is 0.410 e. The molecule has 0 aliphatic carbocycles. The number of carbonyl (C=O) groups excluding carboxylic acids is 2. The van der Waals surface area contributed by atoms with Gasteiger partial charge >= 0.3 is 12.2 Å². The van der Waals surface area contributed by atoms with Crippen molar-refractivity contribution in [2.24, 2.45) is 0 Å². The van der Waals surface area contributed by atoms with Gasteiger partial charge in [0, 0.05) is 104 Å². The van der Waals surface area contributed by atoms with E-state index in [1.165, 1.54) is 10.8 Å². The maximum absolute atomic E-state index is 12.8. The van der Waals surface area contributed by atoms with Crippen molar-refractivity contribution in [3.63, 3.8) is 0 Å². The van der Waals surface area contributed by atoms with E-state index >= 15 is 0 Å². The average molecular weight is 815 g/mol. The molecular formula is C50H60N6O4. The van der Waals surface area contributed by atoms with Crippen LogP contribution in [0.1, 0.15) is 106 Å². The van der Waals surface area contributed by atoms with E-state index in [0.29, 0.717) is 49.2 Å². The Morgan fingerprint density at radius 2 is 1.25 bits per heavy atom. The Bertz CT molecular complexity index is 2850. The molecule has 2 amide bonds. The zero-order valence-corrected chi connectivity index (χ0v) is 36.5. The van der Waals surface area contributed by atoms with Gasteiger partial charge in [-0.25, -0.2) is 9.59 Å². The number of benzene rings is 2. The van der Waals surface area contributed by atoms with Crippen LogP contribution in [0.4, 0.5) is 9.59 Å². The lowest BCUT2D eigenvalue weighted by Gasteiger charge is -2.30. The van der Waals surface area contributed by atoms with Crippen LogP contribution in [0, 0.1) is 27.7 Å². The number of nitrogens with zero attached hydrogens (tertiary/aromatic N) is 6. The largest absolute Gasteiger partial charge is 0.444 e. The molecule has 0 spiro atoms. The predicted octanol–water partition coefficient (Wildman–Crippen LogP) is 10.8. The van der Waals surface area contributed by atoms with Gasteiger partial charge in [-0.1, -0.05) is 35.4 Å². The Balaban J connectivity index is 0.000000197. The molecule has 0 unspecified atom stereocenters. The summed E-state index contributed by atoms with van der Waals surface area (Å²) in [5.74, 6) is 0. The maximum atomic E-state index is 12.8. The van der Waals surface area contributed by atoms with Crippen LogP contribution >= 0.6 is 0 Å². The minimum atomic E-state index is -2.40. The molecule has 10 nitrogen and oxygen atoms in total. The highest BCUT2D eigenvalue weighted by molar-refractivity contribution is 5.90. The van der Waals surface area contributed by atoms with Crippen LogP contribution in [0.2, 0.25) is 0 Å². The van der Waals surface area contributed by atoms with Crippen molar-refractivity contribution in [1.82, 2.24) is 28.9 Å². The normalized spacial score (nSPS) is 16.5.